The van der Waals surface area contributed by atoms with Crippen molar-refractivity contribution in [2.45, 2.75) is 0 Å². The number of rotatable bonds is 4. The van der Waals surface area contributed by atoms with Crippen molar-refractivity contribution < 1.29 is 18.9 Å². The molecule has 0 amide bonds. The smallest absolute Gasteiger partial charge is 0.186 e. The van der Waals surface area contributed by atoms with Gasteiger partial charge in [-0.15, -0.1) is 0 Å². The van der Waals surface area contributed by atoms with Crippen LogP contribution in [0.1, 0.15) is 0 Å². The number of benzene rings is 2. The first-order valence-electron chi connectivity index (χ1n) is 7.37. The van der Waals surface area contributed by atoms with Crippen molar-refractivity contribution in [1.82, 2.24) is 0 Å². The first-order chi connectivity index (χ1) is 11.6. The van der Waals surface area contributed by atoms with E-state index in [1.54, 1.807) is 46.6 Å². The number of fused-ring (bicyclic) bond motifs is 3. The summed E-state index contributed by atoms with van der Waals surface area (Å²) in [5, 5.41) is 3.05. The minimum atomic E-state index is -0.0971. The van der Waals surface area contributed by atoms with Crippen LogP contribution in [0, 0.1) is 0 Å². The van der Waals surface area contributed by atoms with Gasteiger partial charge in [-0.3, -0.25) is 4.79 Å². The highest BCUT2D eigenvalue weighted by molar-refractivity contribution is 6.08. The molecule has 3 rings (SSSR count). The second-order valence-corrected chi connectivity index (χ2v) is 5.24. The van der Waals surface area contributed by atoms with Crippen LogP contribution in [0.2, 0.25) is 0 Å². The molecule has 0 aliphatic rings. The minimum Gasteiger partial charge on any atom is -0.493 e. The van der Waals surface area contributed by atoms with Crippen molar-refractivity contribution in [2.24, 2.45) is 0 Å². The lowest BCUT2D eigenvalue weighted by Crippen LogP contribution is -1.97. The van der Waals surface area contributed by atoms with Gasteiger partial charge in [-0.05, 0) is 46.5 Å². The summed E-state index contributed by atoms with van der Waals surface area (Å²) < 4.78 is 21.4. The Morgan fingerprint density at radius 2 is 1.04 bits per heavy atom. The Balaban J connectivity index is 2.54. The van der Waals surface area contributed by atoms with Crippen LogP contribution in [0.4, 0.5) is 0 Å². The molecule has 0 fully saturated rings. The van der Waals surface area contributed by atoms with Crippen LogP contribution in [0.5, 0.6) is 23.0 Å². The van der Waals surface area contributed by atoms with Crippen molar-refractivity contribution in [3.63, 3.8) is 0 Å². The Kier molecular flexibility index (Phi) is 4.16. The van der Waals surface area contributed by atoms with Gasteiger partial charge in [-0.25, -0.2) is 0 Å². The summed E-state index contributed by atoms with van der Waals surface area (Å²) in [6, 6.07) is 10.5. The first kappa shape index (κ1) is 15.9. The molecule has 0 spiro atoms. The van der Waals surface area contributed by atoms with Gasteiger partial charge in [0.25, 0.3) is 0 Å². The van der Waals surface area contributed by atoms with Gasteiger partial charge in [-0.2, -0.15) is 0 Å². The highest BCUT2D eigenvalue weighted by atomic mass is 16.5. The minimum absolute atomic E-state index is 0.0971. The number of hydrogen-bond donors (Lipinski definition) is 0. The predicted molar refractivity (Wildman–Crippen MR) is 93.9 cm³/mol. The quantitative estimate of drug-likeness (QED) is 0.735. The highest BCUT2D eigenvalue weighted by Crippen LogP contribution is 2.37. The average molecular weight is 326 g/mol. The Bertz CT molecular complexity index is 979. The Labute approximate surface area is 139 Å². The molecule has 0 atom stereocenters. The Morgan fingerprint density at radius 3 is 1.58 bits per heavy atom. The van der Waals surface area contributed by atoms with Crippen LogP contribution >= 0.6 is 0 Å². The number of methoxy groups -OCH3 is 4. The van der Waals surface area contributed by atoms with Gasteiger partial charge in [0, 0.05) is 5.39 Å². The normalized spacial score (nSPS) is 10.7. The molecule has 0 unspecified atom stereocenters. The fourth-order valence-electron chi connectivity index (χ4n) is 2.83. The molecule has 0 aromatic heterocycles. The largest absolute Gasteiger partial charge is 0.493 e. The average Bonchev–Trinajstić information content (AvgIpc) is 2.76. The van der Waals surface area contributed by atoms with E-state index in [1.165, 1.54) is 0 Å². The van der Waals surface area contributed by atoms with E-state index in [9.17, 15) is 4.79 Å². The van der Waals surface area contributed by atoms with E-state index < -0.39 is 0 Å². The summed E-state index contributed by atoms with van der Waals surface area (Å²) in [5.41, 5.74) is -0.0971. The third-order valence-electron chi connectivity index (χ3n) is 4.05. The van der Waals surface area contributed by atoms with Crippen LogP contribution in [-0.2, 0) is 0 Å². The standard InChI is InChI=1S/C19H18O5/c1-21-16-7-11-5-6-15(20)14-10-19(24-4)18(23-3)9-13(14)12(11)8-17(16)22-2/h5-10H,1-4H3. The maximum Gasteiger partial charge on any atom is 0.186 e. The van der Waals surface area contributed by atoms with E-state index in [1.807, 2.05) is 18.2 Å². The fourth-order valence-corrected chi connectivity index (χ4v) is 2.83. The van der Waals surface area contributed by atoms with Crippen molar-refractivity contribution >= 4 is 21.5 Å². The third-order valence-corrected chi connectivity index (χ3v) is 4.05. The van der Waals surface area contributed by atoms with E-state index >= 15 is 0 Å². The Morgan fingerprint density at radius 1 is 0.583 bits per heavy atom. The van der Waals surface area contributed by atoms with Crippen LogP contribution in [-0.4, -0.2) is 28.4 Å². The van der Waals surface area contributed by atoms with Gasteiger partial charge in [0.05, 0.1) is 28.4 Å². The van der Waals surface area contributed by atoms with Crippen molar-refractivity contribution in [2.75, 3.05) is 28.4 Å². The topological polar surface area (TPSA) is 54.0 Å². The lowest BCUT2D eigenvalue weighted by atomic mass is 10.1. The number of ether oxygens (including phenoxy) is 4. The zero-order valence-electron chi connectivity index (χ0n) is 14.0. The summed E-state index contributed by atoms with van der Waals surface area (Å²) in [6.45, 7) is 0. The van der Waals surface area contributed by atoms with E-state index in [2.05, 4.69) is 0 Å². The van der Waals surface area contributed by atoms with Crippen LogP contribution in [0.3, 0.4) is 0 Å². The second kappa shape index (κ2) is 6.28. The molecule has 3 aromatic carbocycles. The predicted octanol–water partition coefficient (Wildman–Crippen LogP) is 3.39. The van der Waals surface area contributed by atoms with Gasteiger partial charge in [0.2, 0.25) is 0 Å². The molecular weight excluding hydrogens is 308 g/mol. The summed E-state index contributed by atoms with van der Waals surface area (Å²) in [6.07, 6.45) is 0. The van der Waals surface area contributed by atoms with Crippen molar-refractivity contribution in [1.29, 1.82) is 0 Å². The van der Waals surface area contributed by atoms with Crippen LogP contribution in [0.25, 0.3) is 21.5 Å². The van der Waals surface area contributed by atoms with Crippen LogP contribution in [0.15, 0.2) is 41.2 Å². The molecule has 0 aliphatic heterocycles. The van der Waals surface area contributed by atoms with Gasteiger partial charge in [0.1, 0.15) is 0 Å². The fraction of sp³-hybridized carbons (Fsp3) is 0.211. The summed E-state index contributed by atoms with van der Waals surface area (Å²) in [4.78, 5) is 12.5. The monoisotopic (exact) mass is 326 g/mol. The molecule has 3 aromatic rings. The molecule has 0 aliphatic carbocycles. The molecule has 0 bridgehead atoms. The van der Waals surface area contributed by atoms with E-state index in [-0.39, 0.29) is 5.43 Å². The number of hydrogen-bond acceptors (Lipinski definition) is 5. The van der Waals surface area contributed by atoms with Gasteiger partial charge in [-0.1, -0.05) is 6.07 Å². The third kappa shape index (κ3) is 2.48. The van der Waals surface area contributed by atoms with Crippen molar-refractivity contribution in [3.8, 4) is 23.0 Å². The molecule has 24 heavy (non-hydrogen) atoms. The molecule has 0 N–H and O–H groups in total. The highest BCUT2D eigenvalue weighted by Gasteiger charge is 2.12. The van der Waals surface area contributed by atoms with Gasteiger partial charge >= 0.3 is 0 Å². The maximum atomic E-state index is 12.5. The van der Waals surface area contributed by atoms with Gasteiger partial charge < -0.3 is 18.9 Å². The molecule has 0 radical (unpaired) electrons. The van der Waals surface area contributed by atoms with Crippen LogP contribution < -0.4 is 24.4 Å². The lowest BCUT2D eigenvalue weighted by molar-refractivity contribution is 0.355. The molecule has 5 heteroatoms. The summed E-state index contributed by atoms with van der Waals surface area (Å²) >= 11 is 0. The molecule has 0 saturated heterocycles. The lowest BCUT2D eigenvalue weighted by Gasteiger charge is -2.11. The van der Waals surface area contributed by atoms with E-state index in [0.29, 0.717) is 28.4 Å². The van der Waals surface area contributed by atoms with Gasteiger partial charge in [0.15, 0.2) is 28.4 Å². The Hall–Kier alpha value is -2.95. The molecule has 5 nitrogen and oxygen atoms in total. The van der Waals surface area contributed by atoms with Crippen molar-refractivity contribution in [3.05, 3.63) is 46.6 Å². The zero-order chi connectivity index (χ0) is 17.3. The molecule has 124 valence electrons. The second-order valence-electron chi connectivity index (χ2n) is 5.24. The van der Waals surface area contributed by atoms with E-state index in [4.69, 9.17) is 18.9 Å². The molecular formula is C19H18O5. The molecule has 0 saturated carbocycles. The SMILES string of the molecule is COc1cc2ccc(=O)c3cc(OC)c(OC)cc3c2cc1OC. The van der Waals surface area contributed by atoms with E-state index in [0.717, 1.165) is 16.2 Å². The summed E-state index contributed by atoms with van der Waals surface area (Å²) in [5.74, 6) is 2.28. The zero-order valence-corrected chi connectivity index (χ0v) is 14.0. The maximum absolute atomic E-state index is 12.5. The summed E-state index contributed by atoms with van der Waals surface area (Å²) in [7, 11) is 6.27. The first-order valence-corrected chi connectivity index (χ1v) is 7.37. The molecule has 0 heterocycles.